The SMILES string of the molecule is COc1cccc2c1C(C1CCCN(C)C1)CO2. The van der Waals surface area contributed by atoms with E-state index >= 15 is 0 Å². The molecule has 2 heterocycles. The van der Waals surface area contributed by atoms with Crippen LogP contribution >= 0.6 is 0 Å². The first-order chi connectivity index (χ1) is 8.79. The highest BCUT2D eigenvalue weighted by molar-refractivity contribution is 5.50. The quantitative estimate of drug-likeness (QED) is 0.801. The second-order valence-corrected chi connectivity index (χ2v) is 5.45. The maximum Gasteiger partial charge on any atom is 0.126 e. The van der Waals surface area contributed by atoms with Crippen LogP contribution in [-0.2, 0) is 0 Å². The van der Waals surface area contributed by atoms with Gasteiger partial charge in [-0.3, -0.25) is 0 Å². The van der Waals surface area contributed by atoms with Gasteiger partial charge >= 0.3 is 0 Å². The summed E-state index contributed by atoms with van der Waals surface area (Å²) in [5, 5.41) is 0. The van der Waals surface area contributed by atoms with Gasteiger partial charge in [-0.05, 0) is 44.5 Å². The van der Waals surface area contributed by atoms with E-state index in [1.165, 1.54) is 31.5 Å². The molecule has 2 aliphatic rings. The summed E-state index contributed by atoms with van der Waals surface area (Å²) >= 11 is 0. The molecule has 3 rings (SSSR count). The van der Waals surface area contributed by atoms with E-state index in [1.54, 1.807) is 7.11 Å². The van der Waals surface area contributed by atoms with Gasteiger partial charge in [0.15, 0.2) is 0 Å². The Labute approximate surface area is 109 Å². The molecule has 0 radical (unpaired) electrons. The Morgan fingerprint density at radius 1 is 1.39 bits per heavy atom. The van der Waals surface area contributed by atoms with Crippen LogP contribution in [0.5, 0.6) is 11.5 Å². The monoisotopic (exact) mass is 247 g/mol. The van der Waals surface area contributed by atoms with Crippen molar-refractivity contribution in [2.24, 2.45) is 5.92 Å². The summed E-state index contributed by atoms with van der Waals surface area (Å²) in [7, 11) is 3.96. The highest BCUT2D eigenvalue weighted by Crippen LogP contribution is 2.45. The standard InChI is InChI=1S/C15H21NO2/c1-16-8-4-5-11(9-16)12-10-18-14-7-3-6-13(17-2)15(12)14/h3,6-7,11-12H,4-5,8-10H2,1-2H3. The molecule has 3 nitrogen and oxygen atoms in total. The number of methoxy groups -OCH3 is 1. The number of ether oxygens (including phenoxy) is 2. The first-order valence-electron chi connectivity index (χ1n) is 6.78. The van der Waals surface area contributed by atoms with Crippen molar-refractivity contribution < 1.29 is 9.47 Å². The molecule has 2 aliphatic heterocycles. The second-order valence-electron chi connectivity index (χ2n) is 5.45. The molecule has 0 aliphatic carbocycles. The Balaban J connectivity index is 1.89. The molecule has 2 unspecified atom stereocenters. The van der Waals surface area contributed by atoms with Crippen LogP contribution in [0.3, 0.4) is 0 Å². The summed E-state index contributed by atoms with van der Waals surface area (Å²) in [6, 6.07) is 6.12. The average molecular weight is 247 g/mol. The normalized spacial score (nSPS) is 27.7. The van der Waals surface area contributed by atoms with Gasteiger partial charge in [0.05, 0.1) is 13.7 Å². The van der Waals surface area contributed by atoms with Gasteiger partial charge < -0.3 is 14.4 Å². The van der Waals surface area contributed by atoms with Gasteiger partial charge in [-0.1, -0.05) is 6.07 Å². The van der Waals surface area contributed by atoms with Crippen LogP contribution in [-0.4, -0.2) is 38.8 Å². The average Bonchev–Trinajstić information content (AvgIpc) is 2.82. The van der Waals surface area contributed by atoms with Gasteiger partial charge in [0, 0.05) is 18.0 Å². The van der Waals surface area contributed by atoms with E-state index in [4.69, 9.17) is 9.47 Å². The van der Waals surface area contributed by atoms with Crippen LogP contribution in [0.2, 0.25) is 0 Å². The third-order valence-corrected chi connectivity index (χ3v) is 4.27. The van der Waals surface area contributed by atoms with Gasteiger partial charge in [-0.15, -0.1) is 0 Å². The Kier molecular flexibility index (Phi) is 3.16. The van der Waals surface area contributed by atoms with Crippen LogP contribution in [0.15, 0.2) is 18.2 Å². The second kappa shape index (κ2) is 4.81. The number of benzene rings is 1. The molecule has 1 fully saturated rings. The minimum atomic E-state index is 0.499. The molecule has 1 aromatic rings. The lowest BCUT2D eigenvalue weighted by Crippen LogP contribution is -2.35. The molecule has 0 saturated carbocycles. The smallest absolute Gasteiger partial charge is 0.126 e. The van der Waals surface area contributed by atoms with Crippen molar-refractivity contribution in [3.63, 3.8) is 0 Å². The Hall–Kier alpha value is -1.22. The predicted octanol–water partition coefficient (Wildman–Crippen LogP) is 2.51. The summed E-state index contributed by atoms with van der Waals surface area (Å²) in [5.41, 5.74) is 1.29. The number of piperidine rings is 1. The number of likely N-dealkylation sites (tertiary alicyclic amines) is 1. The van der Waals surface area contributed by atoms with Crippen molar-refractivity contribution >= 4 is 0 Å². The van der Waals surface area contributed by atoms with Crippen LogP contribution < -0.4 is 9.47 Å². The van der Waals surface area contributed by atoms with Crippen molar-refractivity contribution in [3.05, 3.63) is 23.8 Å². The fourth-order valence-corrected chi connectivity index (χ4v) is 3.36. The fraction of sp³-hybridized carbons (Fsp3) is 0.600. The van der Waals surface area contributed by atoms with Crippen molar-refractivity contribution in [1.82, 2.24) is 4.90 Å². The maximum atomic E-state index is 5.84. The fourth-order valence-electron chi connectivity index (χ4n) is 3.36. The van der Waals surface area contributed by atoms with Crippen LogP contribution in [0.4, 0.5) is 0 Å². The van der Waals surface area contributed by atoms with E-state index in [9.17, 15) is 0 Å². The summed E-state index contributed by atoms with van der Waals surface area (Å²) in [6.07, 6.45) is 2.60. The molecule has 0 N–H and O–H groups in total. The zero-order valence-electron chi connectivity index (χ0n) is 11.2. The lowest BCUT2D eigenvalue weighted by molar-refractivity contribution is 0.171. The van der Waals surface area contributed by atoms with Gasteiger partial charge in [0.25, 0.3) is 0 Å². The molecule has 0 aromatic heterocycles. The Morgan fingerprint density at radius 3 is 3.06 bits per heavy atom. The summed E-state index contributed by atoms with van der Waals surface area (Å²) in [6.45, 7) is 3.21. The molecule has 0 amide bonds. The molecular formula is C15H21NO2. The number of rotatable bonds is 2. The highest BCUT2D eigenvalue weighted by atomic mass is 16.5. The lowest BCUT2D eigenvalue weighted by Gasteiger charge is -2.33. The van der Waals surface area contributed by atoms with E-state index in [0.717, 1.165) is 18.1 Å². The maximum absolute atomic E-state index is 5.84. The van der Waals surface area contributed by atoms with E-state index in [1.807, 2.05) is 12.1 Å². The van der Waals surface area contributed by atoms with Crippen LogP contribution in [0, 0.1) is 5.92 Å². The lowest BCUT2D eigenvalue weighted by atomic mass is 9.82. The first-order valence-corrected chi connectivity index (χ1v) is 6.78. The summed E-state index contributed by atoms with van der Waals surface area (Å²) in [4.78, 5) is 2.43. The van der Waals surface area contributed by atoms with E-state index < -0.39 is 0 Å². The molecule has 0 spiro atoms. The van der Waals surface area contributed by atoms with Crippen molar-refractivity contribution in [3.8, 4) is 11.5 Å². The summed E-state index contributed by atoms with van der Waals surface area (Å²) < 4.78 is 11.4. The van der Waals surface area contributed by atoms with Crippen molar-refractivity contribution in [1.29, 1.82) is 0 Å². The van der Waals surface area contributed by atoms with Gasteiger partial charge in [-0.2, -0.15) is 0 Å². The van der Waals surface area contributed by atoms with Crippen LogP contribution in [0.25, 0.3) is 0 Å². The zero-order chi connectivity index (χ0) is 12.5. The summed E-state index contributed by atoms with van der Waals surface area (Å²) in [5.74, 6) is 3.20. The first kappa shape index (κ1) is 11.8. The third kappa shape index (κ3) is 1.97. The third-order valence-electron chi connectivity index (χ3n) is 4.27. The zero-order valence-corrected chi connectivity index (χ0v) is 11.2. The van der Waals surface area contributed by atoms with Gasteiger partial charge in [0.2, 0.25) is 0 Å². The highest BCUT2D eigenvalue weighted by Gasteiger charge is 2.35. The number of fused-ring (bicyclic) bond motifs is 1. The van der Waals surface area contributed by atoms with Crippen molar-refractivity contribution in [2.45, 2.75) is 18.8 Å². The molecule has 0 bridgehead atoms. The van der Waals surface area contributed by atoms with Gasteiger partial charge in [-0.25, -0.2) is 0 Å². The Morgan fingerprint density at radius 2 is 2.28 bits per heavy atom. The Bertz CT molecular complexity index is 433. The largest absolute Gasteiger partial charge is 0.496 e. The molecule has 1 aromatic carbocycles. The topological polar surface area (TPSA) is 21.7 Å². The molecule has 2 atom stereocenters. The molecule has 3 heteroatoms. The van der Waals surface area contributed by atoms with E-state index in [0.29, 0.717) is 11.8 Å². The number of hydrogen-bond acceptors (Lipinski definition) is 3. The number of nitrogens with zero attached hydrogens (tertiary/aromatic N) is 1. The van der Waals surface area contributed by atoms with E-state index in [-0.39, 0.29) is 0 Å². The van der Waals surface area contributed by atoms with Crippen molar-refractivity contribution in [2.75, 3.05) is 33.9 Å². The minimum absolute atomic E-state index is 0.499. The molecule has 98 valence electrons. The minimum Gasteiger partial charge on any atom is -0.496 e. The predicted molar refractivity (Wildman–Crippen MR) is 71.5 cm³/mol. The molecule has 1 saturated heterocycles. The molecule has 18 heavy (non-hydrogen) atoms. The van der Waals surface area contributed by atoms with Gasteiger partial charge in [0.1, 0.15) is 11.5 Å². The number of hydrogen-bond donors (Lipinski definition) is 0. The van der Waals surface area contributed by atoms with Crippen LogP contribution in [0.1, 0.15) is 24.3 Å². The van der Waals surface area contributed by atoms with E-state index in [2.05, 4.69) is 18.0 Å². The molecular weight excluding hydrogens is 226 g/mol.